The van der Waals surface area contributed by atoms with Crippen LogP contribution in [-0.2, 0) is 0 Å². The van der Waals surface area contributed by atoms with Crippen LogP contribution in [-0.4, -0.2) is 19.1 Å². The van der Waals surface area contributed by atoms with Crippen LogP contribution in [0, 0.1) is 10.8 Å². The van der Waals surface area contributed by atoms with Gasteiger partial charge in [0.25, 0.3) is 0 Å². The monoisotopic (exact) mass is 210 g/mol. The molecular formula is C13H26N2. The minimum atomic E-state index is 0.361. The van der Waals surface area contributed by atoms with Gasteiger partial charge in [-0.1, -0.05) is 26.7 Å². The molecule has 2 rings (SSSR count). The van der Waals surface area contributed by atoms with Gasteiger partial charge in [0.05, 0.1) is 0 Å². The number of nitrogens with two attached hydrogens (primary N) is 1. The van der Waals surface area contributed by atoms with Crippen LogP contribution in [0.4, 0.5) is 0 Å². The van der Waals surface area contributed by atoms with E-state index in [4.69, 9.17) is 5.73 Å². The van der Waals surface area contributed by atoms with Gasteiger partial charge in [-0.2, -0.15) is 0 Å². The second-order valence-corrected chi connectivity index (χ2v) is 6.42. The predicted octanol–water partition coefficient (Wildman–Crippen LogP) is 2.28. The van der Waals surface area contributed by atoms with Crippen molar-refractivity contribution in [2.75, 3.05) is 13.1 Å². The molecule has 0 bridgehead atoms. The van der Waals surface area contributed by atoms with Crippen molar-refractivity contribution in [1.82, 2.24) is 5.32 Å². The van der Waals surface area contributed by atoms with Gasteiger partial charge in [-0.15, -0.1) is 0 Å². The summed E-state index contributed by atoms with van der Waals surface area (Å²) >= 11 is 0. The van der Waals surface area contributed by atoms with Gasteiger partial charge in [0.2, 0.25) is 0 Å². The minimum absolute atomic E-state index is 0.361. The Labute approximate surface area is 94.0 Å². The van der Waals surface area contributed by atoms with E-state index < -0.39 is 0 Å². The van der Waals surface area contributed by atoms with Gasteiger partial charge in [0.15, 0.2) is 0 Å². The minimum Gasteiger partial charge on any atom is -0.327 e. The highest BCUT2D eigenvalue weighted by atomic mass is 14.9. The Morgan fingerprint density at radius 1 is 1.13 bits per heavy atom. The van der Waals surface area contributed by atoms with Gasteiger partial charge >= 0.3 is 0 Å². The van der Waals surface area contributed by atoms with Gasteiger partial charge in [-0.25, -0.2) is 0 Å². The summed E-state index contributed by atoms with van der Waals surface area (Å²) in [5, 5.41) is 3.66. The topological polar surface area (TPSA) is 38.0 Å². The van der Waals surface area contributed by atoms with Gasteiger partial charge in [-0.3, -0.25) is 0 Å². The van der Waals surface area contributed by atoms with Gasteiger partial charge in [-0.05, 0) is 36.5 Å². The second-order valence-electron chi connectivity index (χ2n) is 6.42. The normalized spacial score (nSPS) is 39.0. The van der Waals surface area contributed by atoms with Crippen LogP contribution in [0.15, 0.2) is 0 Å². The highest BCUT2D eigenvalue weighted by Gasteiger charge is 2.37. The third-order valence-corrected chi connectivity index (χ3v) is 4.80. The van der Waals surface area contributed by atoms with E-state index in [0.717, 1.165) is 6.54 Å². The Bertz CT molecular complexity index is 223. The lowest BCUT2D eigenvalue weighted by atomic mass is 9.70. The highest BCUT2D eigenvalue weighted by Crippen LogP contribution is 2.40. The van der Waals surface area contributed by atoms with Crippen LogP contribution >= 0.6 is 0 Å². The molecule has 2 aliphatic carbocycles. The lowest BCUT2D eigenvalue weighted by Gasteiger charge is -2.40. The molecule has 0 aromatic rings. The summed E-state index contributed by atoms with van der Waals surface area (Å²) in [4.78, 5) is 0. The maximum atomic E-state index is 6.17. The molecule has 0 spiro atoms. The Morgan fingerprint density at radius 3 is 2.33 bits per heavy atom. The maximum Gasteiger partial charge on any atom is 0.0105 e. The third kappa shape index (κ3) is 2.36. The van der Waals surface area contributed by atoms with Gasteiger partial charge in [0, 0.05) is 19.1 Å². The van der Waals surface area contributed by atoms with Gasteiger partial charge in [0.1, 0.15) is 0 Å². The summed E-state index contributed by atoms with van der Waals surface area (Å²) in [6, 6.07) is 0.416. The van der Waals surface area contributed by atoms with Crippen LogP contribution in [0.25, 0.3) is 0 Å². The van der Waals surface area contributed by atoms with E-state index >= 15 is 0 Å². The first-order valence-corrected chi connectivity index (χ1v) is 6.51. The van der Waals surface area contributed by atoms with Crippen LogP contribution in [0.2, 0.25) is 0 Å². The fraction of sp³-hybridized carbons (Fsp3) is 1.00. The largest absolute Gasteiger partial charge is 0.327 e. The zero-order valence-corrected chi connectivity index (χ0v) is 10.3. The van der Waals surface area contributed by atoms with Crippen molar-refractivity contribution in [3.05, 3.63) is 0 Å². The van der Waals surface area contributed by atoms with Crippen LogP contribution in [0.3, 0.4) is 0 Å². The van der Waals surface area contributed by atoms with Crippen LogP contribution < -0.4 is 11.1 Å². The number of nitrogens with one attached hydrogen (secondary N) is 1. The fourth-order valence-corrected chi connectivity index (χ4v) is 3.09. The van der Waals surface area contributed by atoms with E-state index in [0.29, 0.717) is 16.9 Å². The molecule has 2 fully saturated rings. The van der Waals surface area contributed by atoms with Crippen molar-refractivity contribution < 1.29 is 0 Å². The first kappa shape index (κ1) is 11.4. The molecular weight excluding hydrogens is 184 g/mol. The lowest BCUT2D eigenvalue weighted by molar-refractivity contribution is 0.146. The summed E-state index contributed by atoms with van der Waals surface area (Å²) in [5.41, 5.74) is 7.13. The zero-order valence-electron chi connectivity index (χ0n) is 10.3. The first-order chi connectivity index (χ1) is 7.04. The molecule has 2 saturated carbocycles. The van der Waals surface area contributed by atoms with E-state index in [1.54, 1.807) is 0 Å². The first-order valence-electron chi connectivity index (χ1n) is 6.51. The number of rotatable bonds is 4. The molecule has 2 unspecified atom stereocenters. The van der Waals surface area contributed by atoms with Gasteiger partial charge < -0.3 is 11.1 Å². The Hall–Kier alpha value is -0.0800. The van der Waals surface area contributed by atoms with Crippen LogP contribution in [0.1, 0.15) is 52.4 Å². The molecule has 2 heteroatoms. The average Bonchev–Trinajstić information content (AvgIpc) is 2.45. The molecule has 3 N–H and O–H groups in total. The molecule has 0 radical (unpaired) electrons. The number of hydrogen-bond acceptors (Lipinski definition) is 2. The third-order valence-electron chi connectivity index (χ3n) is 4.80. The molecule has 0 aromatic carbocycles. The molecule has 2 nitrogen and oxygen atoms in total. The van der Waals surface area contributed by atoms with Crippen molar-refractivity contribution in [2.24, 2.45) is 16.6 Å². The molecule has 0 amide bonds. The summed E-state index contributed by atoms with van der Waals surface area (Å²) < 4.78 is 0. The Kier molecular flexibility index (Phi) is 3.09. The predicted molar refractivity (Wildman–Crippen MR) is 64.8 cm³/mol. The molecule has 0 heterocycles. The molecule has 0 aliphatic heterocycles. The quantitative estimate of drug-likeness (QED) is 0.747. The van der Waals surface area contributed by atoms with E-state index in [1.807, 2.05) is 0 Å². The zero-order chi connectivity index (χ0) is 10.9. The number of hydrogen-bond donors (Lipinski definition) is 2. The van der Waals surface area contributed by atoms with Crippen molar-refractivity contribution in [3.8, 4) is 0 Å². The SMILES string of the molecule is CC1(CNCC2(C)CCCC2N)CCC1. The summed E-state index contributed by atoms with van der Waals surface area (Å²) in [6.45, 7) is 7.06. The van der Waals surface area contributed by atoms with E-state index in [1.165, 1.54) is 45.1 Å². The maximum absolute atomic E-state index is 6.17. The van der Waals surface area contributed by atoms with Crippen molar-refractivity contribution in [2.45, 2.75) is 58.4 Å². The smallest absolute Gasteiger partial charge is 0.0105 e. The van der Waals surface area contributed by atoms with E-state index in [2.05, 4.69) is 19.2 Å². The molecule has 2 atom stereocenters. The summed E-state index contributed by atoms with van der Waals surface area (Å²) in [7, 11) is 0. The van der Waals surface area contributed by atoms with Crippen molar-refractivity contribution in [1.29, 1.82) is 0 Å². The fourth-order valence-electron chi connectivity index (χ4n) is 3.09. The highest BCUT2D eigenvalue weighted by molar-refractivity contribution is 4.94. The Balaban J connectivity index is 1.73. The molecule has 0 aromatic heterocycles. The molecule has 15 heavy (non-hydrogen) atoms. The average molecular weight is 210 g/mol. The summed E-state index contributed by atoms with van der Waals surface area (Å²) in [5.74, 6) is 0. The lowest BCUT2D eigenvalue weighted by Crippen LogP contribution is -2.46. The van der Waals surface area contributed by atoms with Crippen molar-refractivity contribution in [3.63, 3.8) is 0 Å². The van der Waals surface area contributed by atoms with Crippen LogP contribution in [0.5, 0.6) is 0 Å². The molecule has 88 valence electrons. The standard InChI is InChI=1S/C13H26N2/c1-12(6-4-7-12)9-15-10-13(2)8-3-5-11(13)14/h11,15H,3-10,14H2,1-2H3. The second kappa shape index (κ2) is 4.06. The summed E-state index contributed by atoms with van der Waals surface area (Å²) in [6.07, 6.45) is 8.07. The van der Waals surface area contributed by atoms with E-state index in [-0.39, 0.29) is 0 Å². The molecule has 0 saturated heterocycles. The Morgan fingerprint density at radius 2 is 1.87 bits per heavy atom. The molecule has 2 aliphatic rings. The van der Waals surface area contributed by atoms with Crippen molar-refractivity contribution >= 4 is 0 Å². The van der Waals surface area contributed by atoms with E-state index in [9.17, 15) is 0 Å².